The first kappa shape index (κ1) is 16.1. The molecule has 0 bridgehead atoms. The summed E-state index contributed by atoms with van der Waals surface area (Å²) in [4.78, 5) is 0. The zero-order chi connectivity index (χ0) is 15.9. The van der Waals surface area contributed by atoms with Crippen LogP contribution in [0.25, 0.3) is 11.1 Å². The molecule has 0 saturated heterocycles. The van der Waals surface area contributed by atoms with Crippen molar-refractivity contribution in [2.45, 2.75) is 39.7 Å². The standard InChI is InChI=1S/C20H21FO/c1-4-5-6-7-16-8-10-17(11-9-16)19-14-18(22-15(2)3)12-13-20(19)21/h8-15H,6-7H2,1-3H3. The maximum atomic E-state index is 14.1. The van der Waals surface area contributed by atoms with Crippen LogP contribution in [0.4, 0.5) is 4.39 Å². The summed E-state index contributed by atoms with van der Waals surface area (Å²) < 4.78 is 19.7. The molecule has 0 fully saturated rings. The zero-order valence-corrected chi connectivity index (χ0v) is 13.3. The third-order valence-corrected chi connectivity index (χ3v) is 3.29. The van der Waals surface area contributed by atoms with Crippen LogP contribution in [0.5, 0.6) is 5.75 Å². The highest BCUT2D eigenvalue weighted by Gasteiger charge is 2.08. The molecule has 0 spiro atoms. The fraction of sp³-hybridized carbons (Fsp3) is 0.300. The van der Waals surface area contributed by atoms with Crippen molar-refractivity contribution in [2.24, 2.45) is 0 Å². The number of halogens is 1. The summed E-state index contributed by atoms with van der Waals surface area (Å²) >= 11 is 0. The molecule has 0 aliphatic rings. The Balaban J connectivity index is 2.21. The molecule has 0 aliphatic heterocycles. The summed E-state index contributed by atoms with van der Waals surface area (Å²) in [7, 11) is 0. The first-order valence-electron chi connectivity index (χ1n) is 7.55. The molecule has 0 aliphatic carbocycles. The highest BCUT2D eigenvalue weighted by molar-refractivity contribution is 5.66. The molecule has 2 heteroatoms. The summed E-state index contributed by atoms with van der Waals surface area (Å²) in [6.07, 6.45) is 1.84. The second-order valence-electron chi connectivity index (χ2n) is 5.43. The Kier molecular flexibility index (Phi) is 5.61. The van der Waals surface area contributed by atoms with Gasteiger partial charge >= 0.3 is 0 Å². The molecule has 0 radical (unpaired) electrons. The van der Waals surface area contributed by atoms with Crippen LogP contribution in [-0.2, 0) is 6.42 Å². The van der Waals surface area contributed by atoms with Gasteiger partial charge in [0.15, 0.2) is 0 Å². The van der Waals surface area contributed by atoms with Crippen LogP contribution in [0.2, 0.25) is 0 Å². The molecule has 114 valence electrons. The van der Waals surface area contributed by atoms with Gasteiger partial charge in [0.05, 0.1) is 6.10 Å². The van der Waals surface area contributed by atoms with E-state index in [2.05, 4.69) is 11.8 Å². The molecule has 1 nitrogen and oxygen atoms in total. The number of ether oxygens (including phenoxy) is 1. The highest BCUT2D eigenvalue weighted by atomic mass is 19.1. The van der Waals surface area contributed by atoms with Gasteiger partial charge < -0.3 is 4.74 Å². The van der Waals surface area contributed by atoms with E-state index in [1.54, 1.807) is 12.1 Å². The lowest BCUT2D eigenvalue weighted by Gasteiger charge is -2.12. The summed E-state index contributed by atoms with van der Waals surface area (Å²) in [5, 5.41) is 0. The van der Waals surface area contributed by atoms with Crippen molar-refractivity contribution in [2.75, 3.05) is 0 Å². The second-order valence-corrected chi connectivity index (χ2v) is 5.43. The number of rotatable bonds is 5. The van der Waals surface area contributed by atoms with Crippen LogP contribution in [0.15, 0.2) is 42.5 Å². The quantitative estimate of drug-likeness (QED) is 0.686. The maximum absolute atomic E-state index is 14.1. The summed E-state index contributed by atoms with van der Waals surface area (Å²) in [5.41, 5.74) is 2.64. The van der Waals surface area contributed by atoms with Gasteiger partial charge in [-0.3, -0.25) is 0 Å². The molecule has 0 saturated carbocycles. The lowest BCUT2D eigenvalue weighted by atomic mass is 10.0. The lowest BCUT2D eigenvalue weighted by molar-refractivity contribution is 0.242. The van der Waals surface area contributed by atoms with Gasteiger partial charge in [-0.1, -0.05) is 24.3 Å². The number of aryl methyl sites for hydroxylation is 1. The predicted octanol–water partition coefficient (Wildman–Crippen LogP) is 5.24. The van der Waals surface area contributed by atoms with Crippen molar-refractivity contribution in [3.8, 4) is 28.7 Å². The van der Waals surface area contributed by atoms with Crippen LogP contribution >= 0.6 is 0 Å². The molecule has 0 aromatic heterocycles. The molecule has 2 aromatic rings. The topological polar surface area (TPSA) is 9.23 Å². The van der Waals surface area contributed by atoms with Gasteiger partial charge in [0.1, 0.15) is 11.6 Å². The minimum absolute atomic E-state index is 0.0698. The number of benzene rings is 2. The van der Waals surface area contributed by atoms with Crippen molar-refractivity contribution in [3.05, 3.63) is 53.8 Å². The Morgan fingerprint density at radius 2 is 1.82 bits per heavy atom. The third-order valence-electron chi connectivity index (χ3n) is 3.29. The molecular weight excluding hydrogens is 275 g/mol. The van der Waals surface area contributed by atoms with Crippen LogP contribution in [0, 0.1) is 17.7 Å². The molecule has 0 unspecified atom stereocenters. The van der Waals surface area contributed by atoms with Gasteiger partial charge in [-0.05, 0) is 56.5 Å². The minimum Gasteiger partial charge on any atom is -0.491 e. The highest BCUT2D eigenvalue weighted by Crippen LogP contribution is 2.28. The van der Waals surface area contributed by atoms with E-state index in [1.807, 2.05) is 45.0 Å². The van der Waals surface area contributed by atoms with E-state index in [0.717, 1.165) is 18.4 Å². The van der Waals surface area contributed by atoms with Crippen LogP contribution in [-0.4, -0.2) is 6.10 Å². The van der Waals surface area contributed by atoms with Crippen LogP contribution in [0.1, 0.15) is 32.8 Å². The molecule has 0 amide bonds. The Hall–Kier alpha value is -2.27. The predicted molar refractivity (Wildman–Crippen MR) is 89.4 cm³/mol. The largest absolute Gasteiger partial charge is 0.491 e. The molecule has 0 heterocycles. The average Bonchev–Trinajstić information content (AvgIpc) is 2.50. The first-order chi connectivity index (χ1) is 10.6. The SMILES string of the molecule is CC#CCCc1ccc(-c2cc(OC(C)C)ccc2F)cc1. The average molecular weight is 296 g/mol. The van der Waals surface area contributed by atoms with Crippen molar-refractivity contribution >= 4 is 0 Å². The van der Waals surface area contributed by atoms with Gasteiger partial charge in [-0.25, -0.2) is 4.39 Å². The van der Waals surface area contributed by atoms with Gasteiger partial charge in [0.25, 0.3) is 0 Å². The summed E-state index contributed by atoms with van der Waals surface area (Å²) in [6, 6.07) is 12.8. The first-order valence-corrected chi connectivity index (χ1v) is 7.55. The third kappa shape index (κ3) is 4.36. The van der Waals surface area contributed by atoms with Crippen LogP contribution < -0.4 is 4.74 Å². The van der Waals surface area contributed by atoms with E-state index < -0.39 is 0 Å². The smallest absolute Gasteiger partial charge is 0.131 e. The normalized spacial score (nSPS) is 10.2. The molecule has 0 N–H and O–H groups in total. The fourth-order valence-corrected chi connectivity index (χ4v) is 2.25. The molecule has 2 rings (SSSR count). The fourth-order valence-electron chi connectivity index (χ4n) is 2.25. The maximum Gasteiger partial charge on any atom is 0.131 e. The summed E-state index contributed by atoms with van der Waals surface area (Å²) in [6.45, 7) is 5.76. The number of hydrogen-bond donors (Lipinski definition) is 0. The van der Waals surface area contributed by atoms with E-state index in [9.17, 15) is 4.39 Å². The Morgan fingerprint density at radius 3 is 2.45 bits per heavy atom. The van der Waals surface area contributed by atoms with E-state index in [-0.39, 0.29) is 11.9 Å². The molecular formula is C20H21FO. The van der Waals surface area contributed by atoms with Gasteiger partial charge in [0, 0.05) is 12.0 Å². The molecule has 2 aromatic carbocycles. The van der Waals surface area contributed by atoms with E-state index in [1.165, 1.54) is 11.6 Å². The van der Waals surface area contributed by atoms with Crippen molar-refractivity contribution in [3.63, 3.8) is 0 Å². The molecule has 22 heavy (non-hydrogen) atoms. The van der Waals surface area contributed by atoms with E-state index >= 15 is 0 Å². The van der Waals surface area contributed by atoms with E-state index in [4.69, 9.17) is 4.74 Å². The van der Waals surface area contributed by atoms with Crippen molar-refractivity contribution in [1.29, 1.82) is 0 Å². The van der Waals surface area contributed by atoms with Crippen molar-refractivity contribution < 1.29 is 9.13 Å². The Bertz CT molecular complexity index is 675. The Labute approximate surface area is 132 Å². The minimum atomic E-state index is -0.235. The van der Waals surface area contributed by atoms with Gasteiger partial charge in [0.2, 0.25) is 0 Å². The van der Waals surface area contributed by atoms with Gasteiger partial charge in [-0.15, -0.1) is 11.8 Å². The van der Waals surface area contributed by atoms with Crippen molar-refractivity contribution in [1.82, 2.24) is 0 Å². The number of hydrogen-bond acceptors (Lipinski definition) is 1. The monoisotopic (exact) mass is 296 g/mol. The molecule has 0 atom stereocenters. The Morgan fingerprint density at radius 1 is 1.09 bits per heavy atom. The summed E-state index contributed by atoms with van der Waals surface area (Å²) in [5.74, 6) is 6.40. The van der Waals surface area contributed by atoms with Crippen LogP contribution in [0.3, 0.4) is 0 Å². The second kappa shape index (κ2) is 7.66. The zero-order valence-electron chi connectivity index (χ0n) is 13.3. The van der Waals surface area contributed by atoms with Gasteiger partial charge in [-0.2, -0.15) is 0 Å². The van der Waals surface area contributed by atoms with E-state index in [0.29, 0.717) is 11.3 Å². The lowest BCUT2D eigenvalue weighted by Crippen LogP contribution is -2.05.